The number of nitrogens with zero attached hydrogens (tertiary/aromatic N) is 3. The quantitative estimate of drug-likeness (QED) is 0.576. The van der Waals surface area contributed by atoms with E-state index < -0.39 is 0 Å². The number of hydrogen-bond donors (Lipinski definition) is 3. The zero-order valence-electron chi connectivity index (χ0n) is 14.8. The summed E-state index contributed by atoms with van der Waals surface area (Å²) in [4.78, 5) is 8.64. The largest absolute Gasteiger partial charge is 0.396 e. The Labute approximate surface area is 151 Å². The summed E-state index contributed by atoms with van der Waals surface area (Å²) >= 11 is 0. The van der Waals surface area contributed by atoms with Crippen molar-refractivity contribution in [3.63, 3.8) is 0 Å². The summed E-state index contributed by atoms with van der Waals surface area (Å²) in [5.74, 6) is 0.549. The van der Waals surface area contributed by atoms with Gasteiger partial charge in [-0.2, -0.15) is 4.98 Å². The first-order valence-electron chi connectivity index (χ1n) is 8.85. The summed E-state index contributed by atoms with van der Waals surface area (Å²) in [6.45, 7) is 2.56. The van der Waals surface area contributed by atoms with Gasteiger partial charge >= 0.3 is 0 Å². The monoisotopic (exact) mass is 357 g/mol. The Morgan fingerprint density at radius 2 is 2.04 bits per heavy atom. The van der Waals surface area contributed by atoms with Crippen molar-refractivity contribution in [1.29, 1.82) is 0 Å². The van der Waals surface area contributed by atoms with Gasteiger partial charge in [-0.1, -0.05) is 31.5 Å². The van der Waals surface area contributed by atoms with Crippen LogP contribution in [0.1, 0.15) is 31.7 Å². The second-order valence-corrected chi connectivity index (χ2v) is 6.34. The van der Waals surface area contributed by atoms with E-state index in [2.05, 4.69) is 22.2 Å². The molecule has 26 heavy (non-hydrogen) atoms. The Morgan fingerprint density at radius 1 is 1.23 bits per heavy atom. The van der Waals surface area contributed by atoms with Crippen molar-refractivity contribution in [2.45, 2.75) is 38.8 Å². The van der Waals surface area contributed by atoms with Gasteiger partial charge in [0.1, 0.15) is 11.3 Å². The number of hydrogen-bond acceptors (Lipinski definition) is 5. The molecule has 138 valence electrons. The molecule has 0 bridgehead atoms. The first-order chi connectivity index (χ1) is 12.6. The van der Waals surface area contributed by atoms with Gasteiger partial charge in [0, 0.05) is 24.4 Å². The van der Waals surface area contributed by atoms with Crippen molar-refractivity contribution >= 4 is 22.8 Å². The lowest BCUT2D eigenvalue weighted by Crippen LogP contribution is -2.22. The molecule has 1 aromatic carbocycles. The van der Waals surface area contributed by atoms with E-state index >= 15 is 0 Å². The molecule has 0 amide bonds. The topological polar surface area (TPSA) is 89.0 Å². The highest BCUT2D eigenvalue weighted by Crippen LogP contribution is 2.25. The maximum atomic E-state index is 14.0. The van der Waals surface area contributed by atoms with Crippen LogP contribution in [0.25, 0.3) is 11.0 Å². The minimum Gasteiger partial charge on any atom is -0.396 e. The number of anilines is 2. The van der Waals surface area contributed by atoms with E-state index in [1.807, 2.05) is 22.9 Å². The predicted octanol–water partition coefficient (Wildman–Crippen LogP) is 3.16. The van der Waals surface area contributed by atoms with E-state index in [9.17, 15) is 9.50 Å². The maximum Gasteiger partial charge on any atom is 0.222 e. The molecule has 0 aliphatic rings. The fraction of sp³-hybridized carbons (Fsp3) is 0.368. The van der Waals surface area contributed by atoms with Crippen LogP contribution in [0.2, 0.25) is 0 Å². The van der Waals surface area contributed by atoms with Gasteiger partial charge < -0.3 is 20.7 Å². The van der Waals surface area contributed by atoms with Gasteiger partial charge in [-0.25, -0.2) is 9.37 Å². The molecule has 0 radical (unpaired) electrons. The molecule has 2 aromatic heterocycles. The van der Waals surface area contributed by atoms with Crippen LogP contribution in [-0.4, -0.2) is 32.3 Å². The molecule has 0 saturated carbocycles. The number of nitrogens with one attached hydrogen (secondary N) is 1. The van der Waals surface area contributed by atoms with Gasteiger partial charge in [-0.15, -0.1) is 0 Å². The van der Waals surface area contributed by atoms with E-state index in [4.69, 9.17) is 5.73 Å². The SMILES string of the molecule is CCC[C@@H](CCO)Nc1nc(N)nc2ccn(Cc3ccccc3F)c12. The summed E-state index contributed by atoms with van der Waals surface area (Å²) in [7, 11) is 0. The van der Waals surface area contributed by atoms with Gasteiger partial charge in [0.2, 0.25) is 5.95 Å². The molecule has 3 aromatic rings. The summed E-state index contributed by atoms with van der Waals surface area (Å²) < 4.78 is 16.0. The average molecular weight is 357 g/mol. The number of fused-ring (bicyclic) bond motifs is 1. The van der Waals surface area contributed by atoms with Gasteiger partial charge in [0.25, 0.3) is 0 Å². The number of nitrogens with two attached hydrogens (primary N) is 1. The van der Waals surface area contributed by atoms with Crippen LogP contribution < -0.4 is 11.1 Å². The maximum absolute atomic E-state index is 14.0. The van der Waals surface area contributed by atoms with Crippen LogP contribution in [0, 0.1) is 5.82 Å². The molecule has 0 saturated heterocycles. The number of nitrogen functional groups attached to an aromatic ring is 1. The molecule has 4 N–H and O–H groups in total. The highest BCUT2D eigenvalue weighted by molar-refractivity contribution is 5.87. The zero-order valence-corrected chi connectivity index (χ0v) is 14.8. The molecule has 3 rings (SSSR count). The minimum absolute atomic E-state index is 0.0827. The molecular formula is C19H24FN5O. The molecule has 7 heteroatoms. The Morgan fingerprint density at radius 3 is 2.77 bits per heavy atom. The fourth-order valence-electron chi connectivity index (χ4n) is 3.15. The summed E-state index contributed by atoms with van der Waals surface area (Å²) in [5.41, 5.74) is 7.93. The molecule has 0 spiro atoms. The van der Waals surface area contributed by atoms with Crippen molar-refractivity contribution in [3.05, 3.63) is 47.9 Å². The first kappa shape index (κ1) is 18.1. The highest BCUT2D eigenvalue weighted by Gasteiger charge is 2.16. The number of aliphatic hydroxyl groups excluding tert-OH is 1. The number of benzene rings is 1. The van der Waals surface area contributed by atoms with E-state index in [1.165, 1.54) is 6.07 Å². The lowest BCUT2D eigenvalue weighted by atomic mass is 10.1. The number of rotatable bonds is 8. The van der Waals surface area contributed by atoms with Crippen LogP contribution in [-0.2, 0) is 6.54 Å². The normalized spacial score (nSPS) is 12.4. The van der Waals surface area contributed by atoms with Gasteiger partial charge in [0.15, 0.2) is 5.82 Å². The minimum atomic E-state index is -0.246. The molecule has 0 fully saturated rings. The van der Waals surface area contributed by atoms with E-state index in [1.54, 1.807) is 12.1 Å². The summed E-state index contributed by atoms with van der Waals surface area (Å²) in [6, 6.07) is 8.63. The number of halogens is 1. The Bertz CT molecular complexity index is 873. The smallest absolute Gasteiger partial charge is 0.222 e. The molecule has 0 aliphatic carbocycles. The third-order valence-corrected chi connectivity index (χ3v) is 4.38. The molecule has 6 nitrogen and oxygen atoms in total. The van der Waals surface area contributed by atoms with Crippen molar-refractivity contribution in [3.8, 4) is 0 Å². The predicted molar refractivity (Wildman–Crippen MR) is 101 cm³/mol. The Kier molecular flexibility index (Phi) is 5.68. The lowest BCUT2D eigenvalue weighted by Gasteiger charge is -2.19. The average Bonchev–Trinajstić information content (AvgIpc) is 3.00. The van der Waals surface area contributed by atoms with E-state index in [0.717, 1.165) is 18.4 Å². The molecule has 0 aliphatic heterocycles. The highest BCUT2D eigenvalue weighted by atomic mass is 19.1. The summed E-state index contributed by atoms with van der Waals surface area (Å²) in [6.07, 6.45) is 4.36. The van der Waals surface area contributed by atoms with Crippen LogP contribution in [0.3, 0.4) is 0 Å². The van der Waals surface area contributed by atoms with Crippen LogP contribution in [0.5, 0.6) is 0 Å². The molecule has 0 unspecified atom stereocenters. The Hall–Kier alpha value is -2.67. The number of aliphatic hydroxyl groups is 1. The zero-order chi connectivity index (χ0) is 18.5. The lowest BCUT2D eigenvalue weighted by molar-refractivity contribution is 0.276. The second-order valence-electron chi connectivity index (χ2n) is 6.34. The van der Waals surface area contributed by atoms with Gasteiger partial charge in [-0.05, 0) is 25.0 Å². The first-order valence-corrected chi connectivity index (χ1v) is 8.85. The van der Waals surface area contributed by atoms with E-state index in [0.29, 0.717) is 29.9 Å². The van der Waals surface area contributed by atoms with Gasteiger partial charge in [0.05, 0.1) is 12.1 Å². The summed E-state index contributed by atoms with van der Waals surface area (Å²) in [5, 5.41) is 12.7. The van der Waals surface area contributed by atoms with Crippen molar-refractivity contribution in [1.82, 2.24) is 14.5 Å². The van der Waals surface area contributed by atoms with Crippen LogP contribution in [0.4, 0.5) is 16.2 Å². The van der Waals surface area contributed by atoms with Crippen molar-refractivity contribution in [2.75, 3.05) is 17.7 Å². The molecule has 2 heterocycles. The van der Waals surface area contributed by atoms with Crippen molar-refractivity contribution in [2.24, 2.45) is 0 Å². The standard InChI is InChI=1S/C19H24FN5O/c1-2-5-14(9-11-26)22-18-17-16(23-19(21)24-18)8-10-25(17)12-13-6-3-4-7-15(13)20/h3-4,6-8,10,14,26H,2,5,9,11-12H2,1H3,(H3,21,22,23,24)/t14-/m0/s1. The third kappa shape index (κ3) is 3.94. The second kappa shape index (κ2) is 8.14. The number of aromatic nitrogens is 3. The fourth-order valence-corrected chi connectivity index (χ4v) is 3.15. The Balaban J connectivity index is 1.99. The van der Waals surface area contributed by atoms with Crippen LogP contribution >= 0.6 is 0 Å². The molecular weight excluding hydrogens is 333 g/mol. The van der Waals surface area contributed by atoms with Crippen molar-refractivity contribution < 1.29 is 9.50 Å². The molecule has 1 atom stereocenters. The van der Waals surface area contributed by atoms with Gasteiger partial charge in [-0.3, -0.25) is 0 Å². The van der Waals surface area contributed by atoms with Crippen LogP contribution in [0.15, 0.2) is 36.5 Å². The third-order valence-electron chi connectivity index (χ3n) is 4.38. The van der Waals surface area contributed by atoms with E-state index in [-0.39, 0.29) is 24.4 Å².